The van der Waals surface area contributed by atoms with Crippen LogP contribution in [0.25, 0.3) is 0 Å². The number of hydrogen-bond donors (Lipinski definition) is 2. The summed E-state index contributed by atoms with van der Waals surface area (Å²) < 4.78 is 32.5. The summed E-state index contributed by atoms with van der Waals surface area (Å²) in [6, 6.07) is 5.54. The number of hydrogen-bond acceptors (Lipinski definition) is 5. The Bertz CT molecular complexity index is 783. The molecule has 1 amide bonds. The summed E-state index contributed by atoms with van der Waals surface area (Å²) in [4.78, 5) is 25.3. The SMILES string of the molecule is CCOC(=O)C1(NC(=O)c2ccc(S(=O)(=O)NC(C)CC)cc2)CCCCC1. The number of sulfonamides is 1. The maximum atomic E-state index is 12.7. The summed E-state index contributed by atoms with van der Waals surface area (Å²) in [6.45, 7) is 5.68. The second-order valence-corrected chi connectivity index (χ2v) is 8.99. The van der Waals surface area contributed by atoms with Crippen molar-refractivity contribution in [3.63, 3.8) is 0 Å². The van der Waals surface area contributed by atoms with Crippen LogP contribution in [0.15, 0.2) is 29.2 Å². The monoisotopic (exact) mass is 410 g/mol. The lowest BCUT2D eigenvalue weighted by atomic mass is 9.81. The standard InChI is InChI=1S/C20H30N2O5S/c1-4-15(3)22-28(25,26)17-11-9-16(10-12-17)18(23)21-20(19(24)27-5-2)13-7-6-8-14-20/h9-12,15,22H,4-8,13-14H2,1-3H3,(H,21,23). The number of ether oxygens (including phenoxy) is 1. The molecule has 1 unspecified atom stereocenters. The van der Waals surface area contributed by atoms with Crippen molar-refractivity contribution in [2.24, 2.45) is 0 Å². The molecule has 1 fully saturated rings. The Labute approximate surface area is 167 Å². The highest BCUT2D eigenvalue weighted by atomic mass is 32.2. The van der Waals surface area contributed by atoms with Crippen molar-refractivity contribution >= 4 is 21.9 Å². The summed E-state index contributed by atoms with van der Waals surface area (Å²) >= 11 is 0. The molecule has 8 heteroatoms. The van der Waals surface area contributed by atoms with Crippen LogP contribution in [0.4, 0.5) is 0 Å². The van der Waals surface area contributed by atoms with Crippen molar-refractivity contribution in [1.82, 2.24) is 10.0 Å². The van der Waals surface area contributed by atoms with E-state index in [1.807, 2.05) is 6.92 Å². The number of amides is 1. The molecule has 0 aliphatic heterocycles. The first-order chi connectivity index (χ1) is 13.2. The van der Waals surface area contributed by atoms with E-state index in [1.54, 1.807) is 13.8 Å². The van der Waals surface area contributed by atoms with Gasteiger partial charge in [0.25, 0.3) is 5.91 Å². The minimum atomic E-state index is -3.63. The second kappa shape index (κ2) is 9.52. The molecule has 2 N–H and O–H groups in total. The lowest BCUT2D eigenvalue weighted by Gasteiger charge is -2.35. The molecule has 156 valence electrons. The zero-order valence-electron chi connectivity index (χ0n) is 16.8. The van der Waals surface area contributed by atoms with E-state index in [-0.39, 0.29) is 17.5 Å². The fraction of sp³-hybridized carbons (Fsp3) is 0.600. The van der Waals surface area contributed by atoms with Crippen LogP contribution in [0.2, 0.25) is 0 Å². The predicted molar refractivity (Wildman–Crippen MR) is 106 cm³/mol. The van der Waals surface area contributed by atoms with Gasteiger partial charge in [0.15, 0.2) is 0 Å². The number of esters is 1. The van der Waals surface area contributed by atoms with Crippen LogP contribution >= 0.6 is 0 Å². The first kappa shape index (κ1) is 22.4. The molecule has 2 rings (SSSR count). The molecule has 0 bridgehead atoms. The Hall–Kier alpha value is -1.93. The predicted octanol–water partition coefficient (Wildman–Crippen LogP) is 2.76. The molecule has 1 aromatic carbocycles. The third-order valence-electron chi connectivity index (χ3n) is 5.12. The molecule has 1 aromatic rings. The molecular formula is C20H30N2O5S. The third kappa shape index (κ3) is 5.32. The molecule has 0 saturated heterocycles. The quantitative estimate of drug-likeness (QED) is 0.642. The fourth-order valence-corrected chi connectivity index (χ4v) is 4.62. The second-order valence-electron chi connectivity index (χ2n) is 7.27. The molecule has 28 heavy (non-hydrogen) atoms. The number of nitrogens with one attached hydrogen (secondary N) is 2. The van der Waals surface area contributed by atoms with E-state index < -0.39 is 27.4 Å². The lowest BCUT2D eigenvalue weighted by Crippen LogP contribution is -2.56. The van der Waals surface area contributed by atoms with Gasteiger partial charge in [0.2, 0.25) is 10.0 Å². The van der Waals surface area contributed by atoms with E-state index >= 15 is 0 Å². The zero-order chi connectivity index (χ0) is 20.8. The Balaban J connectivity index is 2.16. The Kier molecular flexibility index (Phi) is 7.60. The molecule has 0 spiro atoms. The van der Waals surface area contributed by atoms with E-state index in [0.717, 1.165) is 19.3 Å². The molecule has 0 radical (unpaired) electrons. The first-order valence-corrected chi connectivity index (χ1v) is 11.3. The van der Waals surface area contributed by atoms with Crippen LogP contribution < -0.4 is 10.0 Å². The Morgan fingerprint density at radius 1 is 1.11 bits per heavy atom. The number of benzene rings is 1. The normalized spacial score (nSPS) is 17.5. The lowest BCUT2D eigenvalue weighted by molar-refractivity contribution is -0.152. The van der Waals surface area contributed by atoms with Crippen molar-refractivity contribution in [2.75, 3.05) is 6.61 Å². The van der Waals surface area contributed by atoms with Crippen molar-refractivity contribution < 1.29 is 22.7 Å². The summed E-state index contributed by atoms with van der Waals surface area (Å²) in [6.07, 6.45) is 4.48. The zero-order valence-corrected chi connectivity index (χ0v) is 17.6. The van der Waals surface area contributed by atoms with E-state index in [9.17, 15) is 18.0 Å². The Morgan fingerprint density at radius 2 is 1.71 bits per heavy atom. The molecule has 0 heterocycles. The van der Waals surface area contributed by atoms with Crippen LogP contribution in [0.5, 0.6) is 0 Å². The van der Waals surface area contributed by atoms with Crippen molar-refractivity contribution in [3.05, 3.63) is 29.8 Å². The molecule has 1 aliphatic rings. The van der Waals surface area contributed by atoms with Gasteiger partial charge in [0, 0.05) is 11.6 Å². The minimum absolute atomic E-state index is 0.0992. The van der Waals surface area contributed by atoms with Crippen LogP contribution in [0.1, 0.15) is 69.7 Å². The molecule has 0 aromatic heterocycles. The third-order valence-corrected chi connectivity index (χ3v) is 6.73. The van der Waals surface area contributed by atoms with Crippen LogP contribution in [-0.4, -0.2) is 38.5 Å². The first-order valence-electron chi connectivity index (χ1n) is 9.86. The van der Waals surface area contributed by atoms with Gasteiger partial charge in [-0.3, -0.25) is 4.79 Å². The summed E-state index contributed by atoms with van der Waals surface area (Å²) in [5.41, 5.74) is -0.703. The van der Waals surface area contributed by atoms with Gasteiger partial charge in [-0.2, -0.15) is 0 Å². The Morgan fingerprint density at radius 3 is 2.25 bits per heavy atom. The minimum Gasteiger partial charge on any atom is -0.464 e. The molecule has 1 atom stereocenters. The van der Waals surface area contributed by atoms with Crippen LogP contribution in [-0.2, 0) is 19.6 Å². The van der Waals surface area contributed by atoms with Gasteiger partial charge in [-0.05, 0) is 57.4 Å². The average Bonchev–Trinajstić information content (AvgIpc) is 2.68. The van der Waals surface area contributed by atoms with Gasteiger partial charge in [0.05, 0.1) is 11.5 Å². The summed E-state index contributed by atoms with van der Waals surface area (Å²) in [5, 5.41) is 2.85. The van der Waals surface area contributed by atoms with Crippen molar-refractivity contribution in [3.8, 4) is 0 Å². The van der Waals surface area contributed by atoms with Gasteiger partial charge in [-0.1, -0.05) is 26.2 Å². The van der Waals surface area contributed by atoms with Gasteiger partial charge in [0.1, 0.15) is 5.54 Å². The van der Waals surface area contributed by atoms with Gasteiger partial charge < -0.3 is 10.1 Å². The van der Waals surface area contributed by atoms with E-state index in [0.29, 0.717) is 24.8 Å². The van der Waals surface area contributed by atoms with Gasteiger partial charge in [-0.15, -0.1) is 0 Å². The number of carbonyl (C=O) groups is 2. The highest BCUT2D eigenvalue weighted by Gasteiger charge is 2.42. The van der Waals surface area contributed by atoms with Gasteiger partial charge in [-0.25, -0.2) is 17.9 Å². The molecule has 1 aliphatic carbocycles. The average molecular weight is 411 g/mol. The smallest absolute Gasteiger partial charge is 0.331 e. The van der Waals surface area contributed by atoms with Crippen LogP contribution in [0.3, 0.4) is 0 Å². The van der Waals surface area contributed by atoms with Crippen molar-refractivity contribution in [1.29, 1.82) is 0 Å². The molecular weight excluding hydrogens is 380 g/mol. The maximum absolute atomic E-state index is 12.7. The number of carbonyl (C=O) groups excluding carboxylic acids is 2. The molecule has 7 nitrogen and oxygen atoms in total. The number of rotatable bonds is 8. The van der Waals surface area contributed by atoms with E-state index in [2.05, 4.69) is 10.0 Å². The summed E-state index contributed by atoms with van der Waals surface area (Å²) in [7, 11) is -3.63. The topological polar surface area (TPSA) is 102 Å². The van der Waals surface area contributed by atoms with Crippen LogP contribution in [0, 0.1) is 0 Å². The maximum Gasteiger partial charge on any atom is 0.331 e. The largest absolute Gasteiger partial charge is 0.464 e. The fourth-order valence-electron chi connectivity index (χ4n) is 3.30. The van der Waals surface area contributed by atoms with E-state index in [4.69, 9.17) is 4.74 Å². The highest BCUT2D eigenvalue weighted by Crippen LogP contribution is 2.30. The highest BCUT2D eigenvalue weighted by molar-refractivity contribution is 7.89. The van der Waals surface area contributed by atoms with Crippen molar-refractivity contribution in [2.45, 2.75) is 75.8 Å². The molecule has 1 saturated carbocycles. The van der Waals surface area contributed by atoms with E-state index in [1.165, 1.54) is 24.3 Å². The van der Waals surface area contributed by atoms with Gasteiger partial charge >= 0.3 is 5.97 Å². The summed E-state index contributed by atoms with van der Waals surface area (Å²) in [5.74, 6) is -0.811.